The molecule has 4 heteroatoms. The highest BCUT2D eigenvalue weighted by Gasteiger charge is 2.21. The predicted molar refractivity (Wildman–Crippen MR) is 90.9 cm³/mol. The molecule has 4 nitrogen and oxygen atoms in total. The Labute approximate surface area is 132 Å². The maximum Gasteiger partial charge on any atom is 0.221 e. The SMILES string of the molecule is Cc1ccccc1CC[C@H]1CCCN(c2ccnc(N)n2)C1. The van der Waals surface area contributed by atoms with Crippen molar-refractivity contribution in [3.05, 3.63) is 47.7 Å². The van der Waals surface area contributed by atoms with Crippen LogP contribution in [0.1, 0.15) is 30.4 Å². The largest absolute Gasteiger partial charge is 0.368 e. The summed E-state index contributed by atoms with van der Waals surface area (Å²) in [6.07, 6.45) is 6.68. The van der Waals surface area contributed by atoms with Gasteiger partial charge in [0.2, 0.25) is 5.95 Å². The Hall–Kier alpha value is -2.10. The van der Waals surface area contributed by atoms with Gasteiger partial charge in [-0.1, -0.05) is 24.3 Å². The molecule has 1 aromatic heterocycles. The summed E-state index contributed by atoms with van der Waals surface area (Å²) >= 11 is 0. The highest BCUT2D eigenvalue weighted by atomic mass is 15.2. The second-order valence-corrected chi connectivity index (χ2v) is 6.19. The van der Waals surface area contributed by atoms with Crippen LogP contribution in [0.2, 0.25) is 0 Å². The van der Waals surface area contributed by atoms with Crippen LogP contribution in [0.3, 0.4) is 0 Å². The van der Waals surface area contributed by atoms with E-state index in [2.05, 4.69) is 46.1 Å². The molecule has 0 radical (unpaired) electrons. The van der Waals surface area contributed by atoms with Crippen LogP contribution in [0.4, 0.5) is 11.8 Å². The Bertz CT molecular complexity index is 626. The highest BCUT2D eigenvalue weighted by molar-refractivity contribution is 5.41. The van der Waals surface area contributed by atoms with Crippen LogP contribution < -0.4 is 10.6 Å². The molecule has 1 aliphatic rings. The molecule has 3 rings (SSSR count). The quantitative estimate of drug-likeness (QED) is 0.941. The minimum atomic E-state index is 0.361. The van der Waals surface area contributed by atoms with Gasteiger partial charge >= 0.3 is 0 Å². The summed E-state index contributed by atoms with van der Waals surface area (Å²) in [5, 5.41) is 0. The number of nitrogens with two attached hydrogens (primary N) is 1. The molecule has 0 amide bonds. The molecule has 0 spiro atoms. The van der Waals surface area contributed by atoms with Gasteiger partial charge in [0.15, 0.2) is 0 Å². The van der Waals surface area contributed by atoms with Crippen LogP contribution >= 0.6 is 0 Å². The molecule has 2 N–H and O–H groups in total. The molecule has 1 aliphatic heterocycles. The van der Waals surface area contributed by atoms with Gasteiger partial charge in [0.05, 0.1) is 0 Å². The topological polar surface area (TPSA) is 55.0 Å². The first kappa shape index (κ1) is 14.8. The van der Waals surface area contributed by atoms with Crippen molar-refractivity contribution >= 4 is 11.8 Å². The van der Waals surface area contributed by atoms with E-state index in [0.29, 0.717) is 5.95 Å². The molecule has 0 unspecified atom stereocenters. The van der Waals surface area contributed by atoms with Crippen molar-refractivity contribution in [2.45, 2.75) is 32.6 Å². The monoisotopic (exact) mass is 296 g/mol. The van der Waals surface area contributed by atoms with Crippen LogP contribution in [0.15, 0.2) is 36.5 Å². The van der Waals surface area contributed by atoms with Crippen LogP contribution in [-0.2, 0) is 6.42 Å². The van der Waals surface area contributed by atoms with Crippen molar-refractivity contribution in [2.75, 3.05) is 23.7 Å². The van der Waals surface area contributed by atoms with Crippen LogP contribution in [0.5, 0.6) is 0 Å². The second kappa shape index (κ2) is 6.77. The van der Waals surface area contributed by atoms with Gasteiger partial charge < -0.3 is 10.6 Å². The molecule has 2 aromatic rings. The van der Waals surface area contributed by atoms with E-state index in [9.17, 15) is 0 Å². The summed E-state index contributed by atoms with van der Waals surface area (Å²) in [6, 6.07) is 10.7. The first-order valence-corrected chi connectivity index (χ1v) is 8.10. The Morgan fingerprint density at radius 2 is 2.14 bits per heavy atom. The third-order valence-corrected chi connectivity index (χ3v) is 4.59. The first-order valence-electron chi connectivity index (χ1n) is 8.10. The zero-order chi connectivity index (χ0) is 15.4. The van der Waals surface area contributed by atoms with Crippen molar-refractivity contribution in [3.63, 3.8) is 0 Å². The number of anilines is 2. The molecular weight excluding hydrogens is 272 g/mol. The van der Waals surface area contributed by atoms with Gasteiger partial charge in [-0.15, -0.1) is 0 Å². The van der Waals surface area contributed by atoms with Crippen molar-refractivity contribution in [1.29, 1.82) is 0 Å². The maximum atomic E-state index is 5.70. The lowest BCUT2D eigenvalue weighted by Gasteiger charge is -2.33. The molecular formula is C18H24N4. The van der Waals surface area contributed by atoms with Crippen LogP contribution in [0, 0.1) is 12.8 Å². The smallest absolute Gasteiger partial charge is 0.221 e. The number of nitrogens with zero attached hydrogens (tertiary/aromatic N) is 3. The Morgan fingerprint density at radius 1 is 1.27 bits per heavy atom. The number of rotatable bonds is 4. The lowest BCUT2D eigenvalue weighted by atomic mass is 9.90. The average molecular weight is 296 g/mol. The summed E-state index contributed by atoms with van der Waals surface area (Å²) in [4.78, 5) is 10.7. The molecule has 1 saturated heterocycles. The van der Waals surface area contributed by atoms with Crippen molar-refractivity contribution in [1.82, 2.24) is 9.97 Å². The number of aromatic nitrogens is 2. The van der Waals surface area contributed by atoms with Crippen molar-refractivity contribution < 1.29 is 0 Å². The van der Waals surface area contributed by atoms with E-state index in [-0.39, 0.29) is 0 Å². The number of nitrogen functional groups attached to an aromatic ring is 1. The first-order chi connectivity index (χ1) is 10.7. The van der Waals surface area contributed by atoms with Crippen LogP contribution in [0.25, 0.3) is 0 Å². The van der Waals surface area contributed by atoms with Gasteiger partial charge in [0.25, 0.3) is 0 Å². The van der Waals surface area contributed by atoms with Gasteiger partial charge in [0, 0.05) is 19.3 Å². The summed E-state index contributed by atoms with van der Waals surface area (Å²) in [5.41, 5.74) is 8.58. The minimum absolute atomic E-state index is 0.361. The zero-order valence-corrected chi connectivity index (χ0v) is 13.2. The lowest BCUT2D eigenvalue weighted by Crippen LogP contribution is -2.36. The van der Waals surface area contributed by atoms with Gasteiger partial charge in [0.1, 0.15) is 5.82 Å². The third-order valence-electron chi connectivity index (χ3n) is 4.59. The van der Waals surface area contributed by atoms with Gasteiger partial charge in [-0.05, 0) is 55.7 Å². The summed E-state index contributed by atoms with van der Waals surface area (Å²) in [5.74, 6) is 2.05. The normalized spacial score (nSPS) is 18.4. The molecule has 0 bridgehead atoms. The highest BCUT2D eigenvalue weighted by Crippen LogP contribution is 2.25. The van der Waals surface area contributed by atoms with E-state index in [4.69, 9.17) is 5.73 Å². The Kier molecular flexibility index (Phi) is 4.56. The van der Waals surface area contributed by atoms with Gasteiger partial charge in [-0.3, -0.25) is 0 Å². The molecule has 0 saturated carbocycles. The molecule has 0 aliphatic carbocycles. The van der Waals surface area contributed by atoms with Crippen LogP contribution in [-0.4, -0.2) is 23.1 Å². The molecule has 116 valence electrons. The summed E-state index contributed by atoms with van der Waals surface area (Å²) < 4.78 is 0. The number of piperidine rings is 1. The van der Waals surface area contributed by atoms with E-state index < -0.39 is 0 Å². The molecule has 1 aromatic carbocycles. The molecule has 1 fully saturated rings. The van der Waals surface area contributed by atoms with E-state index in [1.54, 1.807) is 6.20 Å². The van der Waals surface area contributed by atoms with E-state index >= 15 is 0 Å². The van der Waals surface area contributed by atoms with Gasteiger partial charge in [-0.25, -0.2) is 4.98 Å². The number of hydrogen-bond donors (Lipinski definition) is 1. The summed E-state index contributed by atoms with van der Waals surface area (Å²) in [7, 11) is 0. The number of aryl methyl sites for hydroxylation is 2. The maximum absolute atomic E-state index is 5.70. The molecule has 22 heavy (non-hydrogen) atoms. The minimum Gasteiger partial charge on any atom is -0.368 e. The Morgan fingerprint density at radius 3 is 2.95 bits per heavy atom. The standard InChI is InChI=1S/C18H24N4/c1-14-5-2-3-7-16(14)9-8-15-6-4-12-22(13-15)17-10-11-20-18(19)21-17/h2-3,5,7,10-11,15H,4,6,8-9,12-13H2,1H3,(H2,19,20,21)/t15-/m1/s1. The molecule has 2 heterocycles. The number of hydrogen-bond acceptors (Lipinski definition) is 4. The lowest BCUT2D eigenvalue weighted by molar-refractivity contribution is 0.390. The average Bonchev–Trinajstić information content (AvgIpc) is 2.54. The molecule has 1 atom stereocenters. The van der Waals surface area contributed by atoms with E-state index in [1.165, 1.54) is 30.4 Å². The van der Waals surface area contributed by atoms with Crippen molar-refractivity contribution in [2.24, 2.45) is 5.92 Å². The van der Waals surface area contributed by atoms with Crippen molar-refractivity contribution in [3.8, 4) is 0 Å². The van der Waals surface area contributed by atoms with E-state index in [1.807, 2.05) is 6.07 Å². The fourth-order valence-electron chi connectivity index (χ4n) is 3.30. The predicted octanol–water partition coefficient (Wildman–Crippen LogP) is 3.22. The number of benzene rings is 1. The van der Waals surface area contributed by atoms with Gasteiger partial charge in [-0.2, -0.15) is 4.98 Å². The second-order valence-electron chi connectivity index (χ2n) is 6.19. The fourth-order valence-corrected chi connectivity index (χ4v) is 3.30. The van der Waals surface area contributed by atoms with E-state index in [0.717, 1.165) is 31.2 Å². The summed E-state index contributed by atoms with van der Waals surface area (Å²) in [6.45, 7) is 4.34. The zero-order valence-electron chi connectivity index (χ0n) is 13.2. The third kappa shape index (κ3) is 3.56. The fraction of sp³-hybridized carbons (Fsp3) is 0.444. The Balaban J connectivity index is 1.60.